The molecule has 0 aliphatic heterocycles. The van der Waals surface area contributed by atoms with Gasteiger partial charge in [0, 0.05) is 26.6 Å². The molecule has 204 valence electrons. The molecular weight excluding hydrogens is 518 g/mol. The molecule has 1 aromatic heterocycles. The molecule has 0 amide bonds. The summed E-state index contributed by atoms with van der Waals surface area (Å²) >= 11 is 0. The molecule has 0 spiro atoms. The van der Waals surface area contributed by atoms with Crippen molar-refractivity contribution in [2.75, 3.05) is 13.7 Å². The number of ketones is 1. The first kappa shape index (κ1) is 28.6. The minimum absolute atomic E-state index is 0.0250. The Morgan fingerprint density at radius 3 is 2.18 bits per heavy atom. The number of aliphatic hydroxyl groups excluding tert-OH is 1. The molecule has 0 radical (unpaired) electrons. The number of allylic oxidation sites excluding steroid dienone is 1. The highest BCUT2D eigenvalue weighted by molar-refractivity contribution is 6.10. The molecule has 0 fully saturated rings. The van der Waals surface area contributed by atoms with Gasteiger partial charge in [-0.15, -0.1) is 0 Å². The first-order valence-corrected chi connectivity index (χ1v) is 11.2. The molecule has 0 bridgehead atoms. The molecule has 38 heavy (non-hydrogen) atoms. The number of alkyl halides is 6. The predicted octanol–water partition coefficient (Wildman–Crippen LogP) is 4.54. The fraction of sp³-hybridized carbons (Fsp3) is 0.280. The highest BCUT2D eigenvalue weighted by Crippen LogP contribution is 2.36. The van der Waals surface area contributed by atoms with Crippen LogP contribution in [0.25, 0.3) is 11.1 Å². The summed E-state index contributed by atoms with van der Waals surface area (Å²) in [5, 5.41) is 18.5. The number of benzene rings is 2. The third-order valence-electron chi connectivity index (χ3n) is 5.61. The third-order valence-corrected chi connectivity index (χ3v) is 5.61. The number of nitrogens with two attached hydrogens (primary N) is 1. The van der Waals surface area contributed by atoms with Crippen LogP contribution in [0.2, 0.25) is 0 Å². The monoisotopic (exact) mass is 542 g/mol. The van der Waals surface area contributed by atoms with Gasteiger partial charge in [-0.1, -0.05) is 29.4 Å². The maximum Gasteiger partial charge on any atom is 0.416 e. The van der Waals surface area contributed by atoms with Gasteiger partial charge in [0.1, 0.15) is 11.5 Å². The molecule has 1 heterocycles. The van der Waals surface area contributed by atoms with E-state index >= 15 is 0 Å². The Hall–Kier alpha value is -4.00. The van der Waals surface area contributed by atoms with Gasteiger partial charge in [-0.2, -0.15) is 26.3 Å². The number of aromatic nitrogens is 1. The number of carbonyl (C=O) groups excluding carboxylic acids is 1. The average Bonchev–Trinajstić information content (AvgIpc) is 3.26. The van der Waals surface area contributed by atoms with Crippen LogP contribution in [-0.2, 0) is 25.3 Å². The predicted molar refractivity (Wildman–Crippen MR) is 125 cm³/mol. The summed E-state index contributed by atoms with van der Waals surface area (Å²) in [5.74, 6) is -1.23. The minimum Gasteiger partial charge on any atom is -0.396 e. The average molecular weight is 542 g/mol. The zero-order chi connectivity index (χ0) is 28.3. The summed E-state index contributed by atoms with van der Waals surface area (Å²) in [4.78, 5) is 13.3. The van der Waals surface area contributed by atoms with Crippen molar-refractivity contribution in [1.29, 1.82) is 0 Å². The number of hydrogen-bond donors (Lipinski definition) is 4. The summed E-state index contributed by atoms with van der Waals surface area (Å²) in [6.07, 6.45) is -9.92. The molecular formula is C25H24F6N4O3. The number of nitrogens with zero attached hydrogens (tertiary/aromatic N) is 1. The number of halogens is 6. The van der Waals surface area contributed by atoms with E-state index in [0.29, 0.717) is 29.0 Å². The quantitative estimate of drug-likeness (QED) is 0.178. The maximum atomic E-state index is 13.3. The lowest BCUT2D eigenvalue weighted by Gasteiger charge is -2.17. The number of aryl methyl sites for hydroxylation is 1. The van der Waals surface area contributed by atoms with E-state index in [-0.39, 0.29) is 36.2 Å². The van der Waals surface area contributed by atoms with E-state index < -0.39 is 41.5 Å². The van der Waals surface area contributed by atoms with E-state index in [1.165, 1.54) is 7.05 Å². The van der Waals surface area contributed by atoms with Crippen molar-refractivity contribution in [3.63, 3.8) is 0 Å². The Labute approximate surface area is 213 Å². The van der Waals surface area contributed by atoms with Gasteiger partial charge in [-0.05, 0) is 41.8 Å². The van der Waals surface area contributed by atoms with Crippen molar-refractivity contribution >= 4 is 5.78 Å². The second kappa shape index (κ2) is 11.2. The van der Waals surface area contributed by atoms with Crippen molar-refractivity contribution in [2.24, 2.45) is 5.73 Å². The molecule has 0 unspecified atom stereocenters. The molecule has 0 aliphatic rings. The molecule has 3 rings (SSSR count). The van der Waals surface area contributed by atoms with Crippen molar-refractivity contribution in [2.45, 2.75) is 32.2 Å². The summed E-state index contributed by atoms with van der Waals surface area (Å²) < 4.78 is 84.4. The van der Waals surface area contributed by atoms with Crippen LogP contribution < -0.4 is 16.4 Å². The number of Topliss-reactive ketones (excluding diaryl/α,β-unsaturated/α-hetero) is 1. The first-order valence-electron chi connectivity index (χ1n) is 11.2. The van der Waals surface area contributed by atoms with Crippen molar-refractivity contribution < 1.29 is 40.8 Å². The molecule has 5 N–H and O–H groups in total. The van der Waals surface area contributed by atoms with E-state index in [1.807, 2.05) is 0 Å². The molecule has 0 saturated carbocycles. The molecule has 3 aromatic rings. The van der Waals surface area contributed by atoms with Crippen molar-refractivity contribution in [3.05, 3.63) is 87.7 Å². The highest BCUT2D eigenvalue weighted by atomic mass is 19.4. The number of aliphatic hydroxyl groups is 1. The van der Waals surface area contributed by atoms with E-state index in [1.54, 1.807) is 31.2 Å². The Bertz CT molecular complexity index is 1310. The number of carbonyl (C=O) groups is 1. The van der Waals surface area contributed by atoms with E-state index in [9.17, 15) is 36.2 Å². The van der Waals surface area contributed by atoms with Crippen molar-refractivity contribution in [1.82, 2.24) is 15.8 Å². The van der Waals surface area contributed by atoms with Crippen LogP contribution in [0.4, 0.5) is 26.3 Å². The molecule has 0 saturated heterocycles. The number of nitrogens with one attached hydrogen (secondary N) is 2. The lowest BCUT2D eigenvalue weighted by Crippen LogP contribution is -2.30. The van der Waals surface area contributed by atoms with Gasteiger partial charge in [0.2, 0.25) is 5.76 Å². The normalized spacial score (nSPS) is 12.8. The molecule has 0 atom stereocenters. The smallest absolute Gasteiger partial charge is 0.396 e. The fourth-order valence-electron chi connectivity index (χ4n) is 3.75. The van der Waals surface area contributed by atoms with Gasteiger partial charge in [0.05, 0.1) is 22.4 Å². The Kier molecular flexibility index (Phi) is 8.40. The first-order chi connectivity index (χ1) is 17.8. The Morgan fingerprint density at radius 2 is 1.66 bits per heavy atom. The van der Waals surface area contributed by atoms with Gasteiger partial charge in [0.25, 0.3) is 5.78 Å². The van der Waals surface area contributed by atoms with Gasteiger partial charge in [-0.25, -0.2) is 0 Å². The van der Waals surface area contributed by atoms with Crippen LogP contribution in [0.15, 0.2) is 58.5 Å². The van der Waals surface area contributed by atoms with Gasteiger partial charge in [-0.3, -0.25) is 4.79 Å². The van der Waals surface area contributed by atoms with Gasteiger partial charge in [0.15, 0.2) is 0 Å². The zero-order valence-electron chi connectivity index (χ0n) is 20.2. The number of hydrogen-bond acceptors (Lipinski definition) is 7. The minimum atomic E-state index is -5.00. The Balaban J connectivity index is 1.98. The topological polar surface area (TPSA) is 113 Å². The second-order valence-corrected chi connectivity index (χ2v) is 8.26. The summed E-state index contributed by atoms with van der Waals surface area (Å²) in [6, 6.07) is 8.21. The van der Waals surface area contributed by atoms with Crippen LogP contribution in [0.1, 0.15) is 38.5 Å². The summed E-state index contributed by atoms with van der Waals surface area (Å²) in [6.45, 7) is 1.00. The lowest BCUT2D eigenvalue weighted by molar-refractivity contribution is -0.143. The van der Waals surface area contributed by atoms with Crippen LogP contribution in [0.3, 0.4) is 0 Å². The van der Waals surface area contributed by atoms with Crippen LogP contribution in [0, 0.1) is 6.92 Å². The summed E-state index contributed by atoms with van der Waals surface area (Å²) in [5.41, 5.74) is 4.32. The van der Waals surface area contributed by atoms with Gasteiger partial charge < -0.3 is 26.0 Å². The standard InChI is InChI=1S/C25H24F6N4O3/c1-13-5-3-4-6-17(13)19-18(7-8-36)35-38-22(19)21(37)20(32)23(33-2)34-12-14-9-15(24(26,27)28)11-16(10-14)25(29,30)31/h3-6,9-11,33-34,36H,7-8,12,32H2,1-2H3/b23-20-. The highest BCUT2D eigenvalue weighted by Gasteiger charge is 2.37. The third kappa shape index (κ3) is 6.28. The van der Waals surface area contributed by atoms with Crippen LogP contribution in [0.5, 0.6) is 0 Å². The molecule has 13 heteroatoms. The fourth-order valence-corrected chi connectivity index (χ4v) is 3.75. The zero-order valence-corrected chi connectivity index (χ0v) is 20.2. The van der Waals surface area contributed by atoms with E-state index in [4.69, 9.17) is 10.3 Å². The van der Waals surface area contributed by atoms with Crippen LogP contribution in [-0.4, -0.2) is 29.7 Å². The maximum absolute atomic E-state index is 13.3. The number of rotatable bonds is 9. The lowest BCUT2D eigenvalue weighted by atomic mass is 9.96. The summed E-state index contributed by atoms with van der Waals surface area (Å²) in [7, 11) is 1.36. The molecule has 7 nitrogen and oxygen atoms in total. The molecule has 0 aliphatic carbocycles. The van der Waals surface area contributed by atoms with Gasteiger partial charge >= 0.3 is 12.4 Å². The van der Waals surface area contributed by atoms with Crippen LogP contribution >= 0.6 is 0 Å². The SMILES string of the molecule is CN/C(NCc1cc(C(F)(F)F)cc(C(F)(F)F)c1)=C(/N)C(=O)c1onc(CCO)c1-c1ccccc1C. The van der Waals surface area contributed by atoms with Crippen molar-refractivity contribution in [3.8, 4) is 11.1 Å². The molecule has 2 aromatic carbocycles. The van der Waals surface area contributed by atoms with E-state index in [2.05, 4.69) is 15.8 Å². The van der Waals surface area contributed by atoms with E-state index in [0.717, 1.165) is 5.56 Å². The second-order valence-electron chi connectivity index (χ2n) is 8.26. The Morgan fingerprint density at radius 1 is 1.05 bits per heavy atom. The largest absolute Gasteiger partial charge is 0.416 e.